The van der Waals surface area contributed by atoms with Crippen LogP contribution in [0.3, 0.4) is 0 Å². The Balaban J connectivity index is 1.92. The van der Waals surface area contributed by atoms with E-state index < -0.39 is 10.7 Å². The number of hydrogen-bond donors (Lipinski definition) is 1. The number of non-ortho nitro benzene ring substituents is 1. The van der Waals surface area contributed by atoms with E-state index in [1.165, 1.54) is 22.8 Å². The Kier molecular flexibility index (Phi) is 3.34. The highest BCUT2D eigenvalue weighted by atomic mass is 16.6. The lowest BCUT2D eigenvalue weighted by Crippen LogP contribution is -2.23. The molecule has 3 rings (SSSR count). The Morgan fingerprint density at radius 1 is 1.36 bits per heavy atom. The smallest absolute Gasteiger partial charge is 0.407 e. The minimum Gasteiger partial charge on any atom is -0.407 e. The Morgan fingerprint density at radius 2 is 2.18 bits per heavy atom. The summed E-state index contributed by atoms with van der Waals surface area (Å²) in [4.78, 5) is 25.2. The Labute approximate surface area is 124 Å². The minimum atomic E-state index is -0.573. The number of anilines is 1. The van der Waals surface area contributed by atoms with E-state index in [-0.39, 0.29) is 17.9 Å². The summed E-state index contributed by atoms with van der Waals surface area (Å²) in [5.41, 5.74) is 1.54. The number of nitro groups is 1. The molecule has 0 radical (unpaired) electrons. The molecule has 0 saturated carbocycles. The number of pyridine rings is 1. The molecule has 2 aromatic heterocycles. The van der Waals surface area contributed by atoms with Gasteiger partial charge < -0.3 is 4.42 Å². The van der Waals surface area contributed by atoms with Crippen molar-refractivity contribution >= 4 is 22.6 Å². The van der Waals surface area contributed by atoms with Crippen molar-refractivity contribution in [1.82, 2.24) is 4.57 Å². The second-order valence-corrected chi connectivity index (χ2v) is 4.79. The zero-order chi connectivity index (χ0) is 15.7. The monoisotopic (exact) mass is 301 g/mol. The van der Waals surface area contributed by atoms with E-state index >= 15 is 0 Å². The number of benzene rings is 1. The molecule has 0 amide bonds. The fraction of sp³-hybridized carbons (Fsp3) is 0.143. The molecule has 1 aromatic carbocycles. The van der Waals surface area contributed by atoms with Crippen LogP contribution in [0.4, 0.5) is 11.5 Å². The zero-order valence-corrected chi connectivity index (χ0v) is 11.7. The van der Waals surface area contributed by atoms with Crippen LogP contribution in [0.5, 0.6) is 0 Å². The van der Waals surface area contributed by atoms with Crippen LogP contribution < -0.4 is 16.1 Å². The molecule has 8 heteroatoms. The van der Waals surface area contributed by atoms with Crippen LogP contribution in [0.15, 0.2) is 45.6 Å². The molecule has 0 saturated heterocycles. The Hall–Kier alpha value is -3.16. The van der Waals surface area contributed by atoms with Gasteiger partial charge in [-0.25, -0.2) is 14.3 Å². The summed E-state index contributed by atoms with van der Waals surface area (Å²) in [5.74, 6) is 0.179. The summed E-state index contributed by atoms with van der Waals surface area (Å²) < 4.78 is 6.43. The molecule has 0 atom stereocenters. The quantitative estimate of drug-likeness (QED) is 0.583. The fourth-order valence-corrected chi connectivity index (χ4v) is 2.17. The number of rotatable bonds is 4. The predicted molar refractivity (Wildman–Crippen MR) is 78.5 cm³/mol. The third-order valence-corrected chi connectivity index (χ3v) is 3.23. The minimum absolute atomic E-state index is 0.117. The van der Waals surface area contributed by atoms with Crippen LogP contribution in [0.25, 0.3) is 11.1 Å². The van der Waals surface area contributed by atoms with Gasteiger partial charge in [-0.15, -0.1) is 0 Å². The molecule has 2 heterocycles. The van der Waals surface area contributed by atoms with Gasteiger partial charge in [-0.3, -0.25) is 15.4 Å². The third kappa shape index (κ3) is 2.53. The van der Waals surface area contributed by atoms with Gasteiger partial charge in [0.25, 0.3) is 11.5 Å². The van der Waals surface area contributed by atoms with E-state index in [4.69, 9.17) is 4.42 Å². The van der Waals surface area contributed by atoms with Gasteiger partial charge in [-0.1, -0.05) is 6.07 Å². The summed E-state index contributed by atoms with van der Waals surface area (Å²) in [6.07, 6.45) is 0. The first-order valence-electron chi connectivity index (χ1n) is 6.55. The van der Waals surface area contributed by atoms with Crippen molar-refractivity contribution < 1.29 is 14.3 Å². The molecule has 0 aliphatic heterocycles. The van der Waals surface area contributed by atoms with Crippen LogP contribution in [0, 0.1) is 17.0 Å². The van der Waals surface area contributed by atoms with Gasteiger partial charge in [-0.2, -0.15) is 0 Å². The van der Waals surface area contributed by atoms with E-state index in [2.05, 4.69) is 10.3 Å². The van der Waals surface area contributed by atoms with Crippen molar-refractivity contribution in [3.63, 3.8) is 0 Å². The molecule has 0 spiro atoms. The van der Waals surface area contributed by atoms with E-state index in [9.17, 15) is 14.9 Å². The van der Waals surface area contributed by atoms with E-state index in [1.54, 1.807) is 0 Å². The summed E-state index contributed by atoms with van der Waals surface area (Å²) >= 11 is 0. The normalized spacial score (nSPS) is 10.8. The molecule has 0 fully saturated rings. The van der Waals surface area contributed by atoms with Gasteiger partial charge in [0.05, 0.1) is 22.2 Å². The molecular weight excluding hydrogens is 288 g/mol. The van der Waals surface area contributed by atoms with Gasteiger partial charge in [0.2, 0.25) is 0 Å². The first-order chi connectivity index (χ1) is 10.5. The number of nitro benzene ring substituents is 1. The van der Waals surface area contributed by atoms with E-state index in [0.29, 0.717) is 5.52 Å². The molecule has 0 bridgehead atoms. The molecule has 2 N–H and O–H groups in total. The number of aromatic amines is 1. The second-order valence-electron chi connectivity index (χ2n) is 4.79. The summed E-state index contributed by atoms with van der Waals surface area (Å²) in [6.45, 7) is 2.10. The van der Waals surface area contributed by atoms with Crippen molar-refractivity contribution in [3.05, 3.63) is 62.8 Å². The maximum absolute atomic E-state index is 11.9. The van der Waals surface area contributed by atoms with Gasteiger partial charge in [0, 0.05) is 12.1 Å². The average Bonchev–Trinajstić information content (AvgIpc) is 2.79. The summed E-state index contributed by atoms with van der Waals surface area (Å²) in [6, 6.07) is 9.72. The second kappa shape index (κ2) is 5.32. The lowest BCUT2D eigenvalue weighted by atomic mass is 10.3. The van der Waals surface area contributed by atoms with E-state index in [1.807, 2.05) is 25.1 Å². The standard InChI is InChI=1S/C14H12N4O4/c1-9-3-2-4-13(16-9)15-8-17-11-6-5-10(18(20)21)7-12(11)22-14(17)19/h2-7H,8H2,1H3,(H,15,16)/p+1. The SMILES string of the molecule is Cc1cccc(NCn2c(=O)oc3cc([N+](=O)[O-])ccc32)[nH+]1. The first kappa shape index (κ1) is 13.8. The van der Waals surface area contributed by atoms with Crippen molar-refractivity contribution in [2.45, 2.75) is 13.6 Å². The Morgan fingerprint density at radius 3 is 2.91 bits per heavy atom. The van der Waals surface area contributed by atoms with Crippen LogP contribution in [0.2, 0.25) is 0 Å². The number of aryl methyl sites for hydroxylation is 1. The molecule has 0 unspecified atom stereocenters. The maximum atomic E-state index is 11.9. The van der Waals surface area contributed by atoms with Crippen molar-refractivity contribution in [3.8, 4) is 0 Å². The molecule has 3 aromatic rings. The van der Waals surface area contributed by atoms with Crippen molar-refractivity contribution in [1.29, 1.82) is 0 Å². The largest absolute Gasteiger partial charge is 0.423 e. The number of hydrogen-bond acceptors (Lipinski definition) is 5. The lowest BCUT2D eigenvalue weighted by molar-refractivity contribution is -0.384. The Bertz CT molecular complexity index is 913. The van der Waals surface area contributed by atoms with Gasteiger partial charge in [0.15, 0.2) is 12.3 Å². The lowest BCUT2D eigenvalue weighted by Gasteiger charge is -2.01. The van der Waals surface area contributed by atoms with Crippen LogP contribution >= 0.6 is 0 Å². The van der Waals surface area contributed by atoms with Crippen molar-refractivity contribution in [2.75, 3.05) is 5.32 Å². The number of oxazole rings is 1. The number of nitrogens with one attached hydrogen (secondary N) is 2. The van der Waals surface area contributed by atoms with Crippen LogP contribution in [-0.2, 0) is 6.67 Å². The number of H-pyrrole nitrogens is 1. The average molecular weight is 301 g/mol. The molecule has 22 heavy (non-hydrogen) atoms. The van der Waals surface area contributed by atoms with Gasteiger partial charge >= 0.3 is 5.76 Å². The molecule has 0 aliphatic carbocycles. The zero-order valence-electron chi connectivity index (χ0n) is 11.7. The molecular formula is C14H13N4O4+. The summed E-state index contributed by atoms with van der Waals surface area (Å²) in [7, 11) is 0. The number of fused-ring (bicyclic) bond motifs is 1. The highest BCUT2D eigenvalue weighted by Crippen LogP contribution is 2.19. The van der Waals surface area contributed by atoms with E-state index in [0.717, 1.165) is 11.5 Å². The molecule has 0 aliphatic rings. The van der Waals surface area contributed by atoms with Gasteiger partial charge in [0.1, 0.15) is 0 Å². The topological polar surface area (TPSA) is 104 Å². The fourth-order valence-electron chi connectivity index (χ4n) is 2.17. The highest BCUT2D eigenvalue weighted by molar-refractivity contribution is 5.75. The van der Waals surface area contributed by atoms with Crippen molar-refractivity contribution in [2.24, 2.45) is 0 Å². The summed E-state index contributed by atoms with van der Waals surface area (Å²) in [5, 5.41) is 13.8. The maximum Gasteiger partial charge on any atom is 0.423 e. The predicted octanol–water partition coefficient (Wildman–Crippen LogP) is 1.69. The van der Waals surface area contributed by atoms with Crippen LogP contribution in [-0.4, -0.2) is 9.49 Å². The van der Waals surface area contributed by atoms with Gasteiger partial charge in [-0.05, 0) is 19.1 Å². The molecule has 8 nitrogen and oxygen atoms in total. The third-order valence-electron chi connectivity index (χ3n) is 3.23. The van der Waals surface area contributed by atoms with Crippen LogP contribution in [0.1, 0.15) is 5.69 Å². The highest BCUT2D eigenvalue weighted by Gasteiger charge is 2.15. The first-order valence-corrected chi connectivity index (χ1v) is 6.55. The number of aromatic nitrogens is 2. The number of nitrogens with zero attached hydrogens (tertiary/aromatic N) is 2. The molecule has 112 valence electrons.